The number of hydrogen-bond donors (Lipinski definition) is 0. The molecule has 1 heterocycles. The van der Waals surface area contributed by atoms with Crippen LogP contribution in [0, 0.1) is 5.82 Å². The van der Waals surface area contributed by atoms with E-state index >= 15 is 0 Å². The topological polar surface area (TPSA) is 40.6 Å². The Bertz CT molecular complexity index is 546. The van der Waals surface area contributed by atoms with Gasteiger partial charge >= 0.3 is 0 Å². The standard InChI is InChI=1S/C13H14BrFN2O2/c1-16(2)4-3-5-17-11-7-10(15)9(14)6-8(11)12(18)13(17)19/h6-7H,3-5H2,1-2H3. The molecule has 0 aromatic heterocycles. The van der Waals surface area contributed by atoms with Crippen molar-refractivity contribution in [2.75, 3.05) is 32.1 Å². The molecule has 0 bridgehead atoms. The Balaban J connectivity index is 2.26. The molecule has 2 rings (SSSR count). The van der Waals surface area contributed by atoms with Gasteiger partial charge in [0.2, 0.25) is 0 Å². The molecule has 6 heteroatoms. The van der Waals surface area contributed by atoms with Crippen LogP contribution < -0.4 is 4.90 Å². The molecule has 1 amide bonds. The average molecular weight is 329 g/mol. The van der Waals surface area contributed by atoms with E-state index in [0.29, 0.717) is 12.2 Å². The van der Waals surface area contributed by atoms with E-state index in [0.717, 1.165) is 13.0 Å². The Hall–Kier alpha value is -1.27. The largest absolute Gasteiger partial charge is 0.309 e. The van der Waals surface area contributed by atoms with Crippen molar-refractivity contribution in [3.05, 3.63) is 28.0 Å². The molecule has 0 N–H and O–H groups in total. The molecule has 1 aliphatic heterocycles. The van der Waals surface area contributed by atoms with Gasteiger partial charge < -0.3 is 9.80 Å². The third-order valence-corrected chi connectivity index (χ3v) is 3.61. The van der Waals surface area contributed by atoms with Crippen LogP contribution in [0.4, 0.5) is 10.1 Å². The summed E-state index contributed by atoms with van der Waals surface area (Å²) in [4.78, 5) is 27.1. The van der Waals surface area contributed by atoms with E-state index in [1.807, 2.05) is 19.0 Å². The number of nitrogens with zero attached hydrogens (tertiary/aromatic N) is 2. The van der Waals surface area contributed by atoms with Crippen LogP contribution in [0.25, 0.3) is 0 Å². The lowest BCUT2D eigenvalue weighted by Crippen LogP contribution is -2.32. The quantitative estimate of drug-likeness (QED) is 0.794. The monoisotopic (exact) mass is 328 g/mol. The van der Waals surface area contributed by atoms with Crippen molar-refractivity contribution < 1.29 is 14.0 Å². The van der Waals surface area contributed by atoms with Gasteiger partial charge in [-0.1, -0.05) is 0 Å². The molecule has 0 saturated carbocycles. The number of ketones is 1. The maximum absolute atomic E-state index is 13.5. The molecule has 1 aliphatic rings. The van der Waals surface area contributed by atoms with E-state index in [1.165, 1.54) is 17.0 Å². The lowest BCUT2D eigenvalue weighted by Gasteiger charge is -2.18. The van der Waals surface area contributed by atoms with Crippen molar-refractivity contribution in [1.29, 1.82) is 0 Å². The van der Waals surface area contributed by atoms with Crippen molar-refractivity contribution in [3.63, 3.8) is 0 Å². The first kappa shape index (κ1) is 14.1. The molecule has 0 spiro atoms. The third-order valence-electron chi connectivity index (χ3n) is 3.00. The highest BCUT2D eigenvalue weighted by atomic mass is 79.9. The second kappa shape index (κ2) is 5.38. The Labute approximate surface area is 119 Å². The number of anilines is 1. The van der Waals surface area contributed by atoms with Crippen molar-refractivity contribution in [2.24, 2.45) is 0 Å². The summed E-state index contributed by atoms with van der Waals surface area (Å²) in [6.45, 7) is 1.21. The molecule has 0 unspecified atom stereocenters. The minimum absolute atomic E-state index is 0.197. The summed E-state index contributed by atoms with van der Waals surface area (Å²) >= 11 is 3.02. The summed E-state index contributed by atoms with van der Waals surface area (Å²) in [5.41, 5.74) is 0.637. The first-order chi connectivity index (χ1) is 8.91. The number of hydrogen-bond acceptors (Lipinski definition) is 3. The lowest BCUT2D eigenvalue weighted by molar-refractivity contribution is -0.114. The van der Waals surface area contributed by atoms with E-state index in [9.17, 15) is 14.0 Å². The molecular formula is C13H14BrFN2O2. The highest BCUT2D eigenvalue weighted by molar-refractivity contribution is 9.10. The fourth-order valence-electron chi connectivity index (χ4n) is 2.06. The van der Waals surface area contributed by atoms with Crippen molar-refractivity contribution in [3.8, 4) is 0 Å². The van der Waals surface area contributed by atoms with Crippen molar-refractivity contribution in [1.82, 2.24) is 4.90 Å². The molecule has 0 fully saturated rings. The van der Waals surface area contributed by atoms with E-state index in [4.69, 9.17) is 0 Å². The van der Waals surface area contributed by atoms with Gasteiger partial charge in [0.1, 0.15) is 5.82 Å². The SMILES string of the molecule is CN(C)CCCN1C(=O)C(=O)c2cc(Br)c(F)cc21. The summed E-state index contributed by atoms with van der Waals surface area (Å²) in [6, 6.07) is 2.61. The highest BCUT2D eigenvalue weighted by Gasteiger charge is 2.36. The van der Waals surface area contributed by atoms with E-state index in [1.54, 1.807) is 0 Å². The summed E-state index contributed by atoms with van der Waals surface area (Å²) in [7, 11) is 3.86. The molecule has 0 atom stereocenters. The smallest absolute Gasteiger partial charge is 0.299 e. The normalized spacial score (nSPS) is 14.5. The first-order valence-corrected chi connectivity index (χ1v) is 6.71. The van der Waals surface area contributed by atoms with Gasteiger partial charge in [-0.2, -0.15) is 0 Å². The van der Waals surface area contributed by atoms with E-state index < -0.39 is 17.5 Å². The number of amides is 1. The zero-order valence-corrected chi connectivity index (χ0v) is 12.3. The molecule has 0 aliphatic carbocycles. The number of carbonyl (C=O) groups is 2. The van der Waals surface area contributed by atoms with Crippen LogP contribution >= 0.6 is 15.9 Å². The minimum Gasteiger partial charge on any atom is -0.309 e. The molecule has 102 valence electrons. The van der Waals surface area contributed by atoms with Crippen LogP contribution in [0.2, 0.25) is 0 Å². The maximum Gasteiger partial charge on any atom is 0.299 e. The summed E-state index contributed by atoms with van der Waals surface area (Å²) < 4.78 is 13.7. The highest BCUT2D eigenvalue weighted by Crippen LogP contribution is 2.33. The summed E-state index contributed by atoms with van der Waals surface area (Å²) in [6.07, 6.45) is 0.725. The van der Waals surface area contributed by atoms with Crippen LogP contribution in [-0.4, -0.2) is 43.8 Å². The molecule has 1 aromatic rings. The number of halogens is 2. The van der Waals surface area contributed by atoms with Crippen molar-refractivity contribution in [2.45, 2.75) is 6.42 Å². The number of carbonyl (C=O) groups excluding carboxylic acids is 2. The maximum atomic E-state index is 13.5. The number of Topliss-reactive ketones (excluding diaryl/α,β-unsaturated/α-hetero) is 1. The van der Waals surface area contributed by atoms with Crippen LogP contribution in [0.1, 0.15) is 16.8 Å². The Morgan fingerprint density at radius 3 is 2.63 bits per heavy atom. The number of rotatable bonds is 4. The van der Waals surface area contributed by atoms with Crippen LogP contribution in [-0.2, 0) is 4.79 Å². The Morgan fingerprint density at radius 1 is 1.32 bits per heavy atom. The zero-order valence-electron chi connectivity index (χ0n) is 10.7. The van der Waals surface area contributed by atoms with Gasteiger partial charge in [0.25, 0.3) is 11.7 Å². The van der Waals surface area contributed by atoms with Gasteiger partial charge in [0.05, 0.1) is 15.7 Å². The molecular weight excluding hydrogens is 315 g/mol. The van der Waals surface area contributed by atoms with Crippen LogP contribution in [0.3, 0.4) is 0 Å². The summed E-state index contributed by atoms with van der Waals surface area (Å²) in [5, 5.41) is 0. The Kier molecular flexibility index (Phi) is 4.01. The average Bonchev–Trinajstić information content (AvgIpc) is 2.55. The minimum atomic E-state index is -0.578. The number of fused-ring (bicyclic) bond motifs is 1. The second-order valence-electron chi connectivity index (χ2n) is 4.73. The predicted molar refractivity (Wildman–Crippen MR) is 74.0 cm³/mol. The first-order valence-electron chi connectivity index (χ1n) is 5.92. The van der Waals surface area contributed by atoms with Gasteiger partial charge in [0, 0.05) is 6.54 Å². The summed E-state index contributed by atoms with van der Waals surface area (Å²) in [5.74, 6) is -1.62. The van der Waals surface area contributed by atoms with Gasteiger partial charge in [0.15, 0.2) is 0 Å². The van der Waals surface area contributed by atoms with Crippen LogP contribution in [0.5, 0.6) is 0 Å². The zero-order chi connectivity index (χ0) is 14.2. The van der Waals surface area contributed by atoms with Gasteiger partial charge in [-0.25, -0.2) is 4.39 Å². The Morgan fingerprint density at radius 2 is 2.00 bits per heavy atom. The third kappa shape index (κ3) is 2.69. The molecule has 19 heavy (non-hydrogen) atoms. The van der Waals surface area contributed by atoms with Crippen LogP contribution in [0.15, 0.2) is 16.6 Å². The lowest BCUT2D eigenvalue weighted by atomic mass is 10.1. The molecule has 1 aromatic carbocycles. The molecule has 0 radical (unpaired) electrons. The molecule has 0 saturated heterocycles. The fourth-order valence-corrected chi connectivity index (χ4v) is 2.40. The van der Waals surface area contributed by atoms with Gasteiger partial charge in [-0.15, -0.1) is 0 Å². The van der Waals surface area contributed by atoms with Gasteiger partial charge in [-0.3, -0.25) is 9.59 Å². The second-order valence-corrected chi connectivity index (χ2v) is 5.58. The fraction of sp³-hybridized carbons (Fsp3) is 0.385. The van der Waals surface area contributed by atoms with E-state index in [2.05, 4.69) is 15.9 Å². The molecule has 4 nitrogen and oxygen atoms in total. The van der Waals surface area contributed by atoms with Gasteiger partial charge in [-0.05, 0) is 55.1 Å². The number of benzene rings is 1. The van der Waals surface area contributed by atoms with E-state index in [-0.39, 0.29) is 10.0 Å². The van der Waals surface area contributed by atoms with Crippen molar-refractivity contribution >= 4 is 33.3 Å². The predicted octanol–water partition coefficient (Wildman–Crippen LogP) is 2.07.